The Morgan fingerprint density at radius 3 is 2.60 bits per heavy atom. The summed E-state index contributed by atoms with van der Waals surface area (Å²) in [6.07, 6.45) is 0.106. The molecule has 1 fully saturated rings. The summed E-state index contributed by atoms with van der Waals surface area (Å²) in [7, 11) is 0. The average Bonchev–Trinajstić information content (AvgIpc) is 2.58. The first-order chi connectivity index (χ1) is 6.97. The third-order valence-electron chi connectivity index (χ3n) is 2.88. The fraction of sp³-hybridized carbons (Fsp3) is 0.800. The van der Waals surface area contributed by atoms with Crippen LogP contribution in [0.15, 0.2) is 0 Å². The molecule has 86 valence electrons. The van der Waals surface area contributed by atoms with E-state index in [0.717, 1.165) is 0 Å². The van der Waals surface area contributed by atoms with Gasteiger partial charge in [-0.2, -0.15) is 0 Å². The summed E-state index contributed by atoms with van der Waals surface area (Å²) < 4.78 is 0. The molecule has 1 unspecified atom stereocenters. The largest absolute Gasteiger partial charge is 0.480 e. The van der Waals surface area contributed by atoms with Crippen LogP contribution in [0.2, 0.25) is 0 Å². The van der Waals surface area contributed by atoms with Crippen LogP contribution in [0.25, 0.3) is 0 Å². The summed E-state index contributed by atoms with van der Waals surface area (Å²) >= 11 is 0. The first-order valence-electron chi connectivity index (χ1n) is 5.18. The Bertz CT molecular complexity index is 266. The van der Waals surface area contributed by atoms with Crippen molar-refractivity contribution in [1.82, 2.24) is 4.90 Å². The van der Waals surface area contributed by atoms with E-state index in [4.69, 9.17) is 5.11 Å². The topological polar surface area (TPSA) is 77.8 Å². The molecule has 5 nitrogen and oxygen atoms in total. The number of rotatable bonds is 3. The Morgan fingerprint density at radius 2 is 2.13 bits per heavy atom. The number of aliphatic carboxylic acids is 1. The molecule has 0 spiro atoms. The van der Waals surface area contributed by atoms with E-state index >= 15 is 0 Å². The maximum Gasteiger partial charge on any atom is 0.326 e. The van der Waals surface area contributed by atoms with Crippen LogP contribution in [-0.4, -0.2) is 45.7 Å². The standard InChI is InChI=1S/C10H17NO4/c1-3-6(2)9(13)11-5-7(12)4-8(11)10(14)15/h6-8,12H,3-5H2,1-2H3,(H,14,15)/t6?,7-,8+/m0/s1. The number of hydrogen-bond acceptors (Lipinski definition) is 3. The van der Waals surface area contributed by atoms with Crippen molar-refractivity contribution in [2.45, 2.75) is 38.8 Å². The first-order valence-corrected chi connectivity index (χ1v) is 5.18. The van der Waals surface area contributed by atoms with Crippen LogP contribution in [0.3, 0.4) is 0 Å². The number of carboxylic acids is 1. The lowest BCUT2D eigenvalue weighted by Gasteiger charge is -2.24. The molecule has 0 aliphatic carbocycles. The summed E-state index contributed by atoms with van der Waals surface area (Å²) in [6, 6.07) is -0.860. The fourth-order valence-electron chi connectivity index (χ4n) is 1.75. The van der Waals surface area contributed by atoms with Crippen LogP contribution in [0.1, 0.15) is 26.7 Å². The van der Waals surface area contributed by atoms with Gasteiger partial charge in [0.2, 0.25) is 5.91 Å². The Kier molecular flexibility index (Phi) is 3.68. The Hall–Kier alpha value is -1.10. The molecule has 15 heavy (non-hydrogen) atoms. The fourth-order valence-corrected chi connectivity index (χ4v) is 1.75. The number of β-amino-alcohol motifs (C(OH)–C–C–N with tert-alkyl or cyclic N) is 1. The summed E-state index contributed by atoms with van der Waals surface area (Å²) in [6.45, 7) is 3.79. The van der Waals surface area contributed by atoms with E-state index in [1.165, 1.54) is 4.90 Å². The van der Waals surface area contributed by atoms with Crippen LogP contribution in [0, 0.1) is 5.92 Å². The Morgan fingerprint density at radius 1 is 1.53 bits per heavy atom. The molecule has 0 saturated carbocycles. The molecule has 5 heteroatoms. The van der Waals surface area contributed by atoms with Crippen LogP contribution in [0.4, 0.5) is 0 Å². The van der Waals surface area contributed by atoms with Crippen LogP contribution in [-0.2, 0) is 9.59 Å². The van der Waals surface area contributed by atoms with Gasteiger partial charge in [0.15, 0.2) is 0 Å². The quantitative estimate of drug-likeness (QED) is 0.698. The summed E-state index contributed by atoms with van der Waals surface area (Å²) in [5.41, 5.74) is 0. The SMILES string of the molecule is CCC(C)C(=O)N1C[C@@H](O)C[C@@H]1C(=O)O. The van der Waals surface area contributed by atoms with Crippen molar-refractivity contribution in [3.8, 4) is 0 Å². The van der Waals surface area contributed by atoms with Crippen molar-refractivity contribution < 1.29 is 19.8 Å². The van der Waals surface area contributed by atoms with Crippen molar-refractivity contribution in [2.24, 2.45) is 5.92 Å². The van der Waals surface area contributed by atoms with Crippen LogP contribution >= 0.6 is 0 Å². The van der Waals surface area contributed by atoms with Crippen molar-refractivity contribution in [3.05, 3.63) is 0 Å². The number of likely N-dealkylation sites (tertiary alicyclic amines) is 1. The van der Waals surface area contributed by atoms with Gasteiger partial charge >= 0.3 is 5.97 Å². The number of carboxylic acid groups (broad SMARTS) is 1. The predicted molar refractivity (Wildman–Crippen MR) is 53.2 cm³/mol. The molecular weight excluding hydrogens is 198 g/mol. The zero-order valence-electron chi connectivity index (χ0n) is 9.01. The van der Waals surface area contributed by atoms with Gasteiger partial charge in [0.25, 0.3) is 0 Å². The van der Waals surface area contributed by atoms with Crippen molar-refractivity contribution in [2.75, 3.05) is 6.54 Å². The molecule has 1 aliphatic rings. The molecule has 0 radical (unpaired) electrons. The van der Waals surface area contributed by atoms with E-state index in [9.17, 15) is 14.7 Å². The van der Waals surface area contributed by atoms with Gasteiger partial charge in [0.1, 0.15) is 6.04 Å². The maximum absolute atomic E-state index is 11.8. The van der Waals surface area contributed by atoms with E-state index in [2.05, 4.69) is 0 Å². The molecule has 1 heterocycles. The second kappa shape index (κ2) is 4.61. The molecule has 1 amide bonds. The number of aliphatic hydroxyl groups is 1. The van der Waals surface area contributed by atoms with Gasteiger partial charge in [-0.15, -0.1) is 0 Å². The van der Waals surface area contributed by atoms with E-state index in [1.54, 1.807) is 6.92 Å². The second-order valence-electron chi connectivity index (χ2n) is 4.04. The normalized spacial score (nSPS) is 27.8. The number of carbonyl (C=O) groups is 2. The van der Waals surface area contributed by atoms with Gasteiger partial charge in [0, 0.05) is 18.9 Å². The zero-order valence-corrected chi connectivity index (χ0v) is 9.01. The van der Waals surface area contributed by atoms with Gasteiger partial charge in [-0.25, -0.2) is 4.79 Å². The first kappa shape index (κ1) is 12.0. The minimum Gasteiger partial charge on any atom is -0.480 e. The molecule has 0 aromatic rings. The van der Waals surface area contributed by atoms with Gasteiger partial charge < -0.3 is 15.1 Å². The third kappa shape index (κ3) is 2.47. The van der Waals surface area contributed by atoms with Gasteiger partial charge in [-0.1, -0.05) is 13.8 Å². The van der Waals surface area contributed by atoms with E-state index in [-0.39, 0.29) is 24.8 Å². The number of hydrogen-bond donors (Lipinski definition) is 2. The lowest BCUT2D eigenvalue weighted by atomic mass is 10.1. The monoisotopic (exact) mass is 215 g/mol. The third-order valence-corrected chi connectivity index (χ3v) is 2.88. The molecule has 3 atom stereocenters. The highest BCUT2D eigenvalue weighted by Crippen LogP contribution is 2.21. The van der Waals surface area contributed by atoms with Crippen LogP contribution < -0.4 is 0 Å². The minimum atomic E-state index is -1.04. The summed E-state index contributed by atoms with van der Waals surface area (Å²) in [5, 5.41) is 18.3. The van der Waals surface area contributed by atoms with Gasteiger partial charge in [-0.05, 0) is 6.42 Å². The highest BCUT2D eigenvalue weighted by Gasteiger charge is 2.39. The van der Waals surface area contributed by atoms with Crippen molar-refractivity contribution in [3.63, 3.8) is 0 Å². The highest BCUT2D eigenvalue weighted by molar-refractivity contribution is 5.85. The average molecular weight is 215 g/mol. The Balaban J connectivity index is 2.75. The predicted octanol–water partition coefficient (Wildman–Crippen LogP) is 0.0789. The molecular formula is C10H17NO4. The zero-order chi connectivity index (χ0) is 11.6. The molecule has 1 rings (SSSR count). The molecule has 1 saturated heterocycles. The van der Waals surface area contributed by atoms with Crippen LogP contribution in [0.5, 0.6) is 0 Å². The highest BCUT2D eigenvalue weighted by atomic mass is 16.4. The number of nitrogens with zero attached hydrogens (tertiary/aromatic N) is 1. The summed E-state index contributed by atoms with van der Waals surface area (Å²) in [4.78, 5) is 23.9. The summed E-state index contributed by atoms with van der Waals surface area (Å²) in [5.74, 6) is -1.40. The molecule has 0 bridgehead atoms. The lowest BCUT2D eigenvalue weighted by molar-refractivity contribution is -0.149. The second-order valence-corrected chi connectivity index (χ2v) is 4.04. The smallest absolute Gasteiger partial charge is 0.326 e. The number of amides is 1. The molecule has 0 aromatic carbocycles. The van der Waals surface area contributed by atoms with Gasteiger partial charge in [0.05, 0.1) is 6.10 Å². The molecule has 2 N–H and O–H groups in total. The van der Waals surface area contributed by atoms with Crippen molar-refractivity contribution in [1.29, 1.82) is 0 Å². The van der Waals surface area contributed by atoms with E-state index in [0.29, 0.717) is 6.42 Å². The minimum absolute atomic E-state index is 0.136. The van der Waals surface area contributed by atoms with E-state index < -0.39 is 18.1 Å². The molecule has 0 aromatic heterocycles. The molecule has 1 aliphatic heterocycles. The Labute approximate surface area is 88.7 Å². The lowest BCUT2D eigenvalue weighted by Crippen LogP contribution is -2.43. The number of aliphatic hydroxyl groups excluding tert-OH is 1. The van der Waals surface area contributed by atoms with Crippen molar-refractivity contribution >= 4 is 11.9 Å². The van der Waals surface area contributed by atoms with Gasteiger partial charge in [-0.3, -0.25) is 4.79 Å². The number of carbonyl (C=O) groups excluding carboxylic acids is 1. The maximum atomic E-state index is 11.8. The van der Waals surface area contributed by atoms with E-state index in [1.807, 2.05) is 6.92 Å².